The first-order chi connectivity index (χ1) is 9.19. The van der Waals surface area contributed by atoms with Crippen molar-refractivity contribution >= 4 is 28.5 Å². The fraction of sp³-hybridized carbons (Fsp3) is 0.571. The molecule has 20 heavy (non-hydrogen) atoms. The van der Waals surface area contributed by atoms with Crippen molar-refractivity contribution < 1.29 is 18.4 Å². The molecule has 0 spiro atoms. The van der Waals surface area contributed by atoms with Gasteiger partial charge in [-0.3, -0.25) is 0 Å². The van der Waals surface area contributed by atoms with Gasteiger partial charge in [-0.2, -0.15) is 0 Å². The summed E-state index contributed by atoms with van der Waals surface area (Å²) in [6.07, 6.45) is 0. The molecule has 1 saturated heterocycles. The Bertz CT molecular complexity index is 503. The zero-order valence-corrected chi connectivity index (χ0v) is 14.0. The monoisotopic (exact) mass is 344 g/mol. The molecule has 3 nitrogen and oxygen atoms in total. The van der Waals surface area contributed by atoms with Gasteiger partial charge in [0.15, 0.2) is 0 Å². The molecule has 1 aromatic rings. The third-order valence-electron chi connectivity index (χ3n) is 3.88. The van der Waals surface area contributed by atoms with E-state index < -0.39 is 24.1 Å². The molecule has 0 unspecified atom stereocenters. The van der Waals surface area contributed by atoms with Crippen LogP contribution in [0.3, 0.4) is 0 Å². The van der Waals surface area contributed by atoms with Crippen molar-refractivity contribution in [2.24, 2.45) is 0 Å². The van der Waals surface area contributed by atoms with Crippen molar-refractivity contribution in [1.29, 1.82) is 0 Å². The van der Waals surface area contributed by atoms with Crippen LogP contribution in [0.4, 0.5) is 4.39 Å². The van der Waals surface area contributed by atoms with Gasteiger partial charge < -0.3 is 14.0 Å². The number of hydrogen-bond donors (Lipinski definition) is 0. The molecule has 0 aromatic heterocycles. The second-order valence-corrected chi connectivity index (χ2v) is 6.65. The largest absolute Gasteiger partial charge is 0.501 e. The highest BCUT2D eigenvalue weighted by molar-refractivity contribution is 9.10. The lowest BCUT2D eigenvalue weighted by molar-refractivity contribution is 0.00578. The van der Waals surface area contributed by atoms with Gasteiger partial charge in [0.05, 0.1) is 27.7 Å². The first kappa shape index (κ1) is 15.8. The maximum absolute atomic E-state index is 14.5. The lowest BCUT2D eigenvalue weighted by Gasteiger charge is -2.32. The van der Waals surface area contributed by atoms with Crippen LogP contribution in [-0.2, 0) is 9.31 Å². The minimum atomic E-state index is -0.779. The van der Waals surface area contributed by atoms with Gasteiger partial charge in [-0.25, -0.2) is 4.39 Å². The SMILES string of the molecule is CCOc1ccc(Br)c(F)c1B1OC(C)(C)C(C)(C)O1. The Morgan fingerprint density at radius 3 is 2.25 bits per heavy atom. The number of ether oxygens (including phenoxy) is 1. The molecular formula is C14H19BBrFO3. The van der Waals surface area contributed by atoms with Gasteiger partial charge in [0, 0.05) is 0 Å². The van der Waals surface area contributed by atoms with E-state index >= 15 is 0 Å². The van der Waals surface area contributed by atoms with E-state index in [9.17, 15) is 4.39 Å². The van der Waals surface area contributed by atoms with Crippen molar-refractivity contribution in [2.75, 3.05) is 6.61 Å². The standard InChI is InChI=1S/C14H19BBrFO3/c1-6-18-10-8-7-9(16)12(17)11(10)15-19-13(2,3)14(4,5)20-15/h7-8H,6H2,1-5H3. The third-order valence-corrected chi connectivity index (χ3v) is 4.49. The third kappa shape index (κ3) is 2.61. The van der Waals surface area contributed by atoms with Gasteiger partial charge in [-0.15, -0.1) is 0 Å². The fourth-order valence-electron chi connectivity index (χ4n) is 2.01. The molecule has 0 saturated carbocycles. The molecule has 6 heteroatoms. The number of hydrogen-bond acceptors (Lipinski definition) is 3. The highest BCUT2D eigenvalue weighted by Crippen LogP contribution is 2.37. The Kier molecular flexibility index (Phi) is 4.20. The number of rotatable bonds is 3. The molecule has 0 N–H and O–H groups in total. The van der Waals surface area contributed by atoms with E-state index in [1.807, 2.05) is 34.6 Å². The molecule has 2 rings (SSSR count). The first-order valence-corrected chi connectivity index (χ1v) is 7.45. The van der Waals surface area contributed by atoms with Crippen LogP contribution in [0.25, 0.3) is 0 Å². The summed E-state index contributed by atoms with van der Waals surface area (Å²) in [7, 11) is -0.779. The summed E-state index contributed by atoms with van der Waals surface area (Å²) in [5.74, 6) is 0.0427. The highest BCUT2D eigenvalue weighted by Gasteiger charge is 2.53. The van der Waals surface area contributed by atoms with Gasteiger partial charge >= 0.3 is 7.12 Å². The molecule has 0 aliphatic carbocycles. The minimum Gasteiger partial charge on any atom is -0.494 e. The van der Waals surface area contributed by atoms with Crippen molar-refractivity contribution in [3.05, 3.63) is 22.4 Å². The molecule has 110 valence electrons. The Balaban J connectivity index is 2.46. The average Bonchev–Trinajstić information content (AvgIpc) is 2.53. The average molecular weight is 345 g/mol. The number of benzene rings is 1. The van der Waals surface area contributed by atoms with Crippen LogP contribution in [0.15, 0.2) is 16.6 Å². The molecule has 0 amide bonds. The Morgan fingerprint density at radius 2 is 1.75 bits per heavy atom. The summed E-state index contributed by atoms with van der Waals surface area (Å²) in [4.78, 5) is 0. The van der Waals surface area contributed by atoms with E-state index in [-0.39, 0.29) is 0 Å². The van der Waals surface area contributed by atoms with Crippen LogP contribution >= 0.6 is 15.9 Å². The van der Waals surface area contributed by atoms with Gasteiger partial charge in [0.25, 0.3) is 0 Å². The number of halogens is 2. The van der Waals surface area contributed by atoms with Crippen LogP contribution in [0.5, 0.6) is 5.75 Å². The molecule has 1 aliphatic heterocycles. The van der Waals surface area contributed by atoms with E-state index in [1.165, 1.54) is 0 Å². The topological polar surface area (TPSA) is 27.7 Å². The van der Waals surface area contributed by atoms with E-state index in [0.717, 1.165) is 0 Å². The molecule has 1 fully saturated rings. The lowest BCUT2D eigenvalue weighted by atomic mass is 9.78. The van der Waals surface area contributed by atoms with E-state index in [1.54, 1.807) is 12.1 Å². The summed E-state index contributed by atoms with van der Waals surface area (Å²) < 4.78 is 32.1. The molecule has 0 radical (unpaired) electrons. The summed E-state index contributed by atoms with van der Waals surface area (Å²) in [6, 6.07) is 3.34. The molecule has 1 aromatic carbocycles. The molecule has 1 aliphatic rings. The maximum atomic E-state index is 14.5. The van der Waals surface area contributed by atoms with Crippen LogP contribution < -0.4 is 10.2 Å². The zero-order valence-electron chi connectivity index (χ0n) is 12.4. The Morgan fingerprint density at radius 1 is 1.20 bits per heavy atom. The van der Waals surface area contributed by atoms with Crippen molar-refractivity contribution in [3.8, 4) is 5.75 Å². The molecule has 0 bridgehead atoms. The first-order valence-electron chi connectivity index (χ1n) is 6.66. The second kappa shape index (κ2) is 5.32. The summed E-state index contributed by atoms with van der Waals surface area (Å²) in [5, 5.41) is 0. The molecule has 0 atom stereocenters. The summed E-state index contributed by atoms with van der Waals surface area (Å²) in [5.41, 5.74) is -0.730. The van der Waals surface area contributed by atoms with Gasteiger partial charge in [-0.1, -0.05) is 0 Å². The smallest absolute Gasteiger partial charge is 0.494 e. The zero-order chi connectivity index (χ0) is 15.1. The van der Waals surface area contributed by atoms with Crippen LogP contribution in [0.2, 0.25) is 0 Å². The van der Waals surface area contributed by atoms with Crippen LogP contribution in [0, 0.1) is 5.82 Å². The predicted molar refractivity (Wildman–Crippen MR) is 81.0 cm³/mol. The maximum Gasteiger partial charge on any atom is 0.501 e. The Hall–Kier alpha value is -0.585. The minimum absolute atomic E-state index is 0.305. The summed E-state index contributed by atoms with van der Waals surface area (Å²) >= 11 is 3.19. The van der Waals surface area contributed by atoms with E-state index in [4.69, 9.17) is 14.0 Å². The second-order valence-electron chi connectivity index (χ2n) is 5.79. The van der Waals surface area contributed by atoms with Gasteiger partial charge in [0.1, 0.15) is 11.6 Å². The predicted octanol–water partition coefficient (Wildman–Crippen LogP) is 3.29. The molecular weight excluding hydrogens is 326 g/mol. The van der Waals surface area contributed by atoms with Crippen LogP contribution in [-0.4, -0.2) is 24.9 Å². The lowest BCUT2D eigenvalue weighted by Crippen LogP contribution is -2.41. The highest BCUT2D eigenvalue weighted by atomic mass is 79.9. The van der Waals surface area contributed by atoms with Gasteiger partial charge in [-0.05, 0) is 62.7 Å². The van der Waals surface area contributed by atoms with Gasteiger partial charge in [0.2, 0.25) is 0 Å². The normalized spacial score (nSPS) is 20.2. The Labute approximate surface area is 128 Å². The van der Waals surface area contributed by atoms with E-state index in [0.29, 0.717) is 22.3 Å². The van der Waals surface area contributed by atoms with Crippen molar-refractivity contribution in [1.82, 2.24) is 0 Å². The summed E-state index contributed by atoms with van der Waals surface area (Å²) in [6.45, 7) is 10.0. The fourth-order valence-corrected chi connectivity index (χ4v) is 2.36. The quantitative estimate of drug-likeness (QED) is 0.787. The molecule has 1 heterocycles. The van der Waals surface area contributed by atoms with E-state index in [2.05, 4.69) is 15.9 Å². The van der Waals surface area contributed by atoms with Crippen LogP contribution in [0.1, 0.15) is 34.6 Å². The van der Waals surface area contributed by atoms with Crippen molar-refractivity contribution in [3.63, 3.8) is 0 Å². The van der Waals surface area contributed by atoms with Crippen molar-refractivity contribution in [2.45, 2.75) is 45.8 Å².